The Morgan fingerprint density at radius 2 is 0.368 bits per heavy atom. The fourth-order valence-corrected chi connectivity index (χ4v) is 7.63. The van der Waals surface area contributed by atoms with E-state index in [9.17, 15) is 0 Å². The molecule has 11 aromatic rings. The zero-order valence-electron chi connectivity index (χ0n) is 89.6. The van der Waals surface area contributed by atoms with Gasteiger partial charge in [-0.25, -0.2) is 44.5 Å². The number of benzene rings is 11. The van der Waals surface area contributed by atoms with Gasteiger partial charge >= 0.3 is 0 Å². The number of fused-ring (bicyclic) bond motifs is 3. The second-order valence-corrected chi connectivity index (χ2v) is 15.6. The normalized spacial score (nSPS) is 5.00. The number of hydrogen-bond acceptors (Lipinski definition) is 0. The van der Waals surface area contributed by atoms with Crippen LogP contribution in [0.1, 0.15) is 133 Å². The molecule has 0 fully saturated rings. The average Bonchev–Trinajstić information content (AvgIpc) is 0.818. The van der Waals surface area contributed by atoms with Gasteiger partial charge in [0.25, 0.3) is 0 Å². The first kappa shape index (κ1) is 436. The maximum Gasteiger partial charge on any atom is 0 e. The van der Waals surface area contributed by atoms with E-state index in [-0.39, 0.29) is 2090 Å². The van der Waals surface area contributed by atoms with Gasteiger partial charge in [0.2, 0.25) is 0 Å². The molecule has 64 heteroatoms. The van der Waals surface area contributed by atoms with Gasteiger partial charge in [-0.3, -0.25) is 0 Å². The van der Waals surface area contributed by atoms with Crippen LogP contribution in [0.5, 0.6) is 0 Å². The van der Waals surface area contributed by atoms with E-state index >= 15 is 0 Å². The molecule has 614 valence electrons. The maximum atomic E-state index is 3.38. The van der Waals surface area contributed by atoms with Gasteiger partial charge in [-0.1, -0.05) is 193 Å². The molecule has 11 aromatic carbocycles. The Kier molecular flexibility index (Phi) is 1040. The smallest absolute Gasteiger partial charge is 0 e. The van der Waals surface area contributed by atoms with Gasteiger partial charge in [-0.2, -0.15) is 145 Å². The van der Waals surface area contributed by atoms with Crippen LogP contribution in [0.2, 0.25) is 0 Å². The van der Waals surface area contributed by atoms with E-state index in [1.807, 2.05) is 171 Å². The Balaban J connectivity index is -0.00000000767. The third-order valence-corrected chi connectivity index (χ3v) is 10.9. The molecule has 0 N–H and O–H groups in total. The van der Waals surface area contributed by atoms with E-state index in [0.717, 1.165) is 50.1 Å². The Hall–Kier alpha value is 62.8. The molecule has 0 heterocycles. The minimum atomic E-state index is 0. The minimum absolute atomic E-state index is 0. The number of hydrogen-bond donors (Lipinski definition) is 0. The molecule has 0 aliphatic rings. The molecule has 0 aliphatic heterocycles. The van der Waals surface area contributed by atoms with Crippen molar-refractivity contribution in [2.45, 2.75) is 138 Å². The van der Waals surface area contributed by atoms with Crippen LogP contribution in [-0.2, 0) is 2090 Å². The van der Waals surface area contributed by atoms with Crippen molar-refractivity contribution in [2.24, 2.45) is 0 Å². The van der Waals surface area contributed by atoms with Crippen molar-refractivity contribution in [1.82, 2.24) is 0 Å². The van der Waals surface area contributed by atoms with Crippen LogP contribution in [0, 0.1) is 76.2 Å². The van der Waals surface area contributed by atoms with Crippen LogP contribution < -0.4 is 0 Å². The van der Waals surface area contributed by atoms with Crippen molar-refractivity contribution in [2.75, 3.05) is 0 Å². The van der Waals surface area contributed by atoms with Crippen molar-refractivity contribution in [1.29, 1.82) is 0 Å². The Labute approximate surface area is 2500 Å². The second kappa shape index (κ2) is 342. The summed E-state index contributed by atoms with van der Waals surface area (Å²) in [6, 6.07) is 96.4. The molecule has 0 nitrogen and oxygen atoms in total. The third kappa shape index (κ3) is 234. The van der Waals surface area contributed by atoms with E-state index in [1.165, 1.54) is 49.0 Å². The standard InChI is InChI=1S/3C17H12.C13H10.8C2H6.64Y/c2*1-13-6-4-9-15(12-13)17-11-5-8-14-7-2-3-10-16(14)17;1-13-9-11-15(12-10-13)17-8-4-6-14-5-2-3-7-16(14)17;1-11-7-5-6-10-13(11)12-8-3-2-4-9-12;8*1-2;;;;;;;;;;;;;;;;;;;;;;;;;;;;;;;;;;;;;;;;;;;;;;;;;;;;;;;;;;;;;;;;/h2-8,10,12H,1H3;2-10H,1H3;2-7,9-11H,1H3;2-8H,1H3;8*1-2H3;;;;;;;;;;;;;;;;;;;;;;;;;;;;;;;;;;;;;;;;;;;;;;;;;;;;;;;;;;;;;;;;/q4*-2;;;;;;;;;;;;;;;;;;;;;;;;;;;;;;;;;;;;;;;;;;;;;;;;;;;;;;;;;;;;;;;;;;;;;;;;. The van der Waals surface area contributed by atoms with E-state index in [1.54, 1.807) is 0 Å². The van der Waals surface area contributed by atoms with E-state index in [2.05, 4.69) is 222 Å². The zero-order valence-corrected chi connectivity index (χ0v) is 271. The topological polar surface area (TPSA) is 0 Å². The number of rotatable bonds is 4. The van der Waals surface area contributed by atoms with Gasteiger partial charge in [0.05, 0.1) is 0 Å². The van der Waals surface area contributed by atoms with Crippen LogP contribution in [0.25, 0.3) is 76.8 Å². The van der Waals surface area contributed by atoms with Crippen LogP contribution in [0.3, 0.4) is 0 Å². The molecule has 0 saturated heterocycles. The largest absolute Gasteiger partial charge is 0.226 e. The Morgan fingerprint density at radius 1 is 0.146 bits per heavy atom. The third-order valence-electron chi connectivity index (χ3n) is 10.9. The molecular weight excluding hydrogens is 6650 g/mol. The molecule has 0 spiro atoms. The van der Waals surface area contributed by atoms with Crippen molar-refractivity contribution in [3.05, 3.63) is 277 Å². The molecule has 0 aliphatic carbocycles. The summed E-state index contributed by atoms with van der Waals surface area (Å²) in [4.78, 5) is 0. The predicted octanol–water partition coefficient (Wildman–Crippen LogP) is 24.6. The predicted molar refractivity (Wildman–Crippen MR) is 360 cm³/mol. The summed E-state index contributed by atoms with van der Waals surface area (Å²) in [7, 11) is 0. The fraction of sp³-hybridized carbons (Fsp3) is 0.250. The molecule has 0 bridgehead atoms. The molecular formula is C80H94Y64-8. The molecule has 0 aromatic heterocycles. The van der Waals surface area contributed by atoms with Gasteiger partial charge in [0, 0.05) is 2090 Å². The summed E-state index contributed by atoms with van der Waals surface area (Å²) in [5.41, 5.74) is 13.9. The fourth-order valence-electron chi connectivity index (χ4n) is 7.63. The molecule has 0 atom stereocenters. The minimum Gasteiger partial charge on any atom is -0.226 e. The molecule has 0 saturated carbocycles. The summed E-state index contributed by atoms with van der Waals surface area (Å²) >= 11 is 0. The van der Waals surface area contributed by atoms with Crippen molar-refractivity contribution in [3.63, 3.8) is 0 Å². The SMILES string of the molecule is CC.CC.CC.CC.CC.CC.CC.CC.Cc1[c-]c(-c2[c-]ccc3ccccc23)ccc1.Cc1c[c-]c(-c2[c-]ccc3ccccc23)cc1.Cc1cc[c-]c(-c2[c-]ccc3ccccc23)c1.Cc1ccc[c-]c1-c1[c-]cccc1.[Y].[Y].[Y].[Y].[Y].[Y].[Y].[Y].[Y].[Y].[Y].[Y].[Y].[Y].[Y].[Y].[Y].[Y].[Y].[Y].[Y].[Y].[Y].[Y].[Y].[Y].[Y].[Y].[Y].[Y].[Y].[Y].[Y].[Y].[Y].[Y].[Y].[Y].[Y].[Y].[Y].[Y].[Y].[Y].[Y].[Y].[Y].[Y].[Y].[Y].[Y].[Y].[Y].[Y].[Y].[Y].[Y].[Y].[Y].[Y].[Y].[Y].[Y].[Y]. The van der Waals surface area contributed by atoms with E-state index in [0.29, 0.717) is 0 Å². The molecule has 11 rings (SSSR count). The van der Waals surface area contributed by atoms with Crippen LogP contribution in [0.4, 0.5) is 0 Å². The van der Waals surface area contributed by atoms with Crippen molar-refractivity contribution < 1.29 is 2090 Å². The maximum absolute atomic E-state index is 3.38. The molecule has 64 radical (unpaired) electrons. The summed E-state index contributed by atoms with van der Waals surface area (Å²) in [6.45, 7) is 40.3. The first-order valence-corrected chi connectivity index (χ1v) is 29.5. The molecule has 144 heavy (non-hydrogen) atoms. The first-order valence-electron chi connectivity index (χ1n) is 29.5. The first-order chi connectivity index (χ1) is 39.4. The molecule has 0 amide bonds. The van der Waals surface area contributed by atoms with Crippen molar-refractivity contribution >= 4 is 32.3 Å². The van der Waals surface area contributed by atoms with E-state index in [4.69, 9.17) is 0 Å². The van der Waals surface area contributed by atoms with Crippen LogP contribution in [-0.4, -0.2) is 0 Å². The summed E-state index contributed by atoms with van der Waals surface area (Å²) in [5.74, 6) is 0. The van der Waals surface area contributed by atoms with Gasteiger partial charge in [0.15, 0.2) is 0 Å². The van der Waals surface area contributed by atoms with Crippen LogP contribution in [0.15, 0.2) is 206 Å². The average molecular weight is 6750 g/mol. The van der Waals surface area contributed by atoms with Crippen LogP contribution >= 0.6 is 0 Å². The summed E-state index contributed by atoms with van der Waals surface area (Å²) < 4.78 is 0. The summed E-state index contributed by atoms with van der Waals surface area (Å²) in [6.07, 6.45) is 0. The monoisotopic (exact) mass is 6740 g/mol. The van der Waals surface area contributed by atoms with Gasteiger partial charge in [0.1, 0.15) is 0 Å². The second-order valence-electron chi connectivity index (χ2n) is 15.6. The molecule has 0 unspecified atom stereocenters. The van der Waals surface area contributed by atoms with E-state index < -0.39 is 0 Å². The Morgan fingerprint density at radius 3 is 0.611 bits per heavy atom. The zero-order chi connectivity index (χ0) is 60.1. The Bertz CT molecular complexity index is 3250. The van der Waals surface area contributed by atoms with Gasteiger partial charge in [-0.15, -0.1) is 110 Å². The number of aryl methyl sites for hydroxylation is 4. The summed E-state index contributed by atoms with van der Waals surface area (Å²) in [5, 5.41) is 7.44. The van der Waals surface area contributed by atoms with Gasteiger partial charge < -0.3 is 0 Å². The quantitative estimate of drug-likeness (QED) is 0.154. The van der Waals surface area contributed by atoms with Crippen molar-refractivity contribution in [3.8, 4) is 44.5 Å². The van der Waals surface area contributed by atoms with Gasteiger partial charge in [-0.05, 0) is 0 Å².